The lowest BCUT2D eigenvalue weighted by Crippen LogP contribution is -2.08. The van der Waals surface area contributed by atoms with Gasteiger partial charge in [-0.1, -0.05) is 17.7 Å². The average Bonchev–Trinajstić information content (AvgIpc) is 2.87. The zero-order valence-corrected chi connectivity index (χ0v) is 15.0. The fourth-order valence-electron chi connectivity index (χ4n) is 2.47. The van der Waals surface area contributed by atoms with Gasteiger partial charge in [0, 0.05) is 23.1 Å². The van der Waals surface area contributed by atoms with Crippen molar-refractivity contribution in [3.8, 4) is 11.6 Å². The smallest absolute Gasteiger partial charge is 0.264 e. The van der Waals surface area contributed by atoms with E-state index in [1.165, 1.54) is 6.07 Å². The summed E-state index contributed by atoms with van der Waals surface area (Å²) in [5.74, 6) is 1.34. The van der Waals surface area contributed by atoms with Crippen LogP contribution in [0.3, 0.4) is 0 Å². The van der Waals surface area contributed by atoms with Gasteiger partial charge < -0.3 is 4.74 Å². The maximum atomic E-state index is 11.2. The molecule has 0 unspecified atom stereocenters. The second-order valence-corrected chi connectivity index (χ2v) is 6.50. The van der Waals surface area contributed by atoms with Crippen molar-refractivity contribution in [1.82, 2.24) is 20.0 Å². The highest BCUT2D eigenvalue weighted by Gasteiger charge is 2.19. The molecule has 6 nitrogen and oxygen atoms in total. The van der Waals surface area contributed by atoms with Crippen LogP contribution in [0, 0.1) is 6.92 Å². The van der Waals surface area contributed by atoms with E-state index in [0.29, 0.717) is 23.1 Å². The van der Waals surface area contributed by atoms with Gasteiger partial charge in [-0.3, -0.25) is 4.79 Å². The lowest BCUT2D eigenvalue weighted by molar-refractivity contribution is 0.386. The first-order valence-electron chi connectivity index (χ1n) is 8.00. The summed E-state index contributed by atoms with van der Waals surface area (Å²) in [6, 6.07) is 10.5. The van der Waals surface area contributed by atoms with E-state index in [1.54, 1.807) is 18.2 Å². The van der Waals surface area contributed by atoms with Gasteiger partial charge in [0.15, 0.2) is 0 Å². The van der Waals surface area contributed by atoms with Crippen LogP contribution in [0.2, 0.25) is 5.02 Å². The summed E-state index contributed by atoms with van der Waals surface area (Å²) in [4.78, 5) is 11.2. The first-order chi connectivity index (χ1) is 11.9. The Hall–Kier alpha value is -2.60. The molecule has 0 atom stereocenters. The van der Waals surface area contributed by atoms with Crippen molar-refractivity contribution in [3.05, 3.63) is 68.7 Å². The molecule has 0 fully saturated rings. The number of aromatic amines is 1. The van der Waals surface area contributed by atoms with Crippen molar-refractivity contribution in [2.45, 2.75) is 33.2 Å². The van der Waals surface area contributed by atoms with Crippen molar-refractivity contribution in [1.29, 1.82) is 0 Å². The number of nitrogens with zero attached hydrogens (tertiary/aromatic N) is 3. The summed E-state index contributed by atoms with van der Waals surface area (Å²) < 4.78 is 7.90. The maximum absolute atomic E-state index is 11.2. The summed E-state index contributed by atoms with van der Waals surface area (Å²) in [6.07, 6.45) is 0.508. The van der Waals surface area contributed by atoms with Gasteiger partial charge in [0.25, 0.3) is 5.56 Å². The molecule has 130 valence electrons. The molecule has 0 aliphatic rings. The molecule has 0 radical (unpaired) electrons. The predicted octanol–water partition coefficient (Wildman–Crippen LogP) is 3.89. The molecule has 0 spiro atoms. The molecule has 2 heterocycles. The SMILES string of the molecule is Cc1c(Cc2ccc(=O)[nH]n2)nn(C(C)C)c1Oc1cccc(Cl)c1. The molecule has 0 saturated heterocycles. The molecule has 7 heteroatoms. The third-order valence-corrected chi connectivity index (χ3v) is 4.01. The van der Waals surface area contributed by atoms with E-state index in [9.17, 15) is 4.79 Å². The van der Waals surface area contributed by atoms with Gasteiger partial charge in [-0.05, 0) is 45.0 Å². The summed E-state index contributed by atoms with van der Waals surface area (Å²) in [5, 5.41) is 11.8. The zero-order valence-electron chi connectivity index (χ0n) is 14.3. The Morgan fingerprint density at radius 3 is 2.72 bits per heavy atom. The lowest BCUT2D eigenvalue weighted by Gasteiger charge is -2.12. The topological polar surface area (TPSA) is 72.8 Å². The number of aromatic nitrogens is 4. The number of nitrogens with one attached hydrogen (secondary N) is 1. The number of benzene rings is 1. The monoisotopic (exact) mass is 358 g/mol. The van der Waals surface area contributed by atoms with Crippen LogP contribution in [0.15, 0.2) is 41.2 Å². The molecule has 0 aliphatic heterocycles. The number of hydrogen-bond donors (Lipinski definition) is 1. The molecule has 0 aliphatic carbocycles. The van der Waals surface area contributed by atoms with E-state index in [1.807, 2.05) is 37.6 Å². The molecule has 0 amide bonds. The van der Waals surface area contributed by atoms with Crippen LogP contribution in [0.4, 0.5) is 0 Å². The van der Waals surface area contributed by atoms with E-state index in [4.69, 9.17) is 16.3 Å². The Kier molecular flexibility index (Phi) is 4.90. The van der Waals surface area contributed by atoms with E-state index in [-0.39, 0.29) is 11.6 Å². The molecule has 0 saturated carbocycles. The number of halogens is 1. The molecular weight excluding hydrogens is 340 g/mol. The van der Waals surface area contributed by atoms with Crippen molar-refractivity contribution in [2.75, 3.05) is 0 Å². The first kappa shape index (κ1) is 17.2. The van der Waals surface area contributed by atoms with Gasteiger partial charge >= 0.3 is 0 Å². The summed E-state index contributed by atoms with van der Waals surface area (Å²) in [7, 11) is 0. The van der Waals surface area contributed by atoms with Crippen LogP contribution in [-0.2, 0) is 6.42 Å². The van der Waals surface area contributed by atoms with Crippen LogP contribution in [0.5, 0.6) is 11.6 Å². The lowest BCUT2D eigenvalue weighted by atomic mass is 10.1. The second kappa shape index (κ2) is 7.11. The highest BCUT2D eigenvalue weighted by Crippen LogP contribution is 2.31. The van der Waals surface area contributed by atoms with Crippen LogP contribution < -0.4 is 10.3 Å². The standard InChI is InChI=1S/C18H19ClN4O2/c1-11(2)23-18(25-15-6-4-5-13(19)9-15)12(3)16(22-23)10-14-7-8-17(24)21-20-14/h4-9,11H,10H2,1-3H3,(H,21,24). The van der Waals surface area contributed by atoms with Crippen LogP contribution in [0.1, 0.15) is 36.8 Å². The van der Waals surface area contributed by atoms with Gasteiger partial charge in [-0.25, -0.2) is 9.78 Å². The third-order valence-electron chi connectivity index (χ3n) is 3.78. The Bertz CT molecular complexity index is 926. The fraction of sp³-hybridized carbons (Fsp3) is 0.278. The third kappa shape index (κ3) is 3.91. The first-order valence-corrected chi connectivity index (χ1v) is 8.38. The van der Waals surface area contributed by atoms with Gasteiger partial charge in [0.2, 0.25) is 5.88 Å². The van der Waals surface area contributed by atoms with E-state index < -0.39 is 0 Å². The maximum Gasteiger partial charge on any atom is 0.264 e. The van der Waals surface area contributed by atoms with Crippen molar-refractivity contribution >= 4 is 11.6 Å². The second-order valence-electron chi connectivity index (χ2n) is 6.06. The molecule has 3 aromatic rings. The predicted molar refractivity (Wildman–Crippen MR) is 96.5 cm³/mol. The summed E-state index contributed by atoms with van der Waals surface area (Å²) in [6.45, 7) is 6.05. The van der Waals surface area contributed by atoms with Crippen LogP contribution in [0.25, 0.3) is 0 Å². The highest BCUT2D eigenvalue weighted by atomic mass is 35.5. The number of rotatable bonds is 5. The van der Waals surface area contributed by atoms with Gasteiger partial charge in [0.1, 0.15) is 5.75 Å². The Labute approximate surface area is 150 Å². The summed E-state index contributed by atoms with van der Waals surface area (Å²) in [5.41, 5.74) is 2.30. The minimum absolute atomic E-state index is 0.130. The molecular formula is C18H19ClN4O2. The normalized spacial score (nSPS) is 11.1. The molecule has 1 aromatic carbocycles. The van der Waals surface area contributed by atoms with Crippen LogP contribution in [-0.4, -0.2) is 20.0 Å². The zero-order chi connectivity index (χ0) is 18.0. The van der Waals surface area contributed by atoms with Crippen LogP contribution >= 0.6 is 11.6 Å². The number of H-pyrrole nitrogens is 1. The van der Waals surface area contributed by atoms with Crippen molar-refractivity contribution in [2.24, 2.45) is 0 Å². The quantitative estimate of drug-likeness (QED) is 0.750. The minimum Gasteiger partial charge on any atom is -0.439 e. The molecule has 2 aromatic heterocycles. The largest absolute Gasteiger partial charge is 0.439 e. The van der Waals surface area contributed by atoms with E-state index >= 15 is 0 Å². The summed E-state index contributed by atoms with van der Waals surface area (Å²) >= 11 is 6.04. The van der Waals surface area contributed by atoms with Crippen molar-refractivity contribution < 1.29 is 4.74 Å². The molecule has 1 N–H and O–H groups in total. The van der Waals surface area contributed by atoms with Gasteiger partial charge in [0.05, 0.1) is 17.4 Å². The Balaban J connectivity index is 1.95. The number of ether oxygens (including phenoxy) is 1. The Morgan fingerprint density at radius 2 is 2.08 bits per heavy atom. The molecule has 25 heavy (non-hydrogen) atoms. The van der Waals surface area contributed by atoms with E-state index in [0.717, 1.165) is 17.0 Å². The molecule has 0 bridgehead atoms. The van der Waals surface area contributed by atoms with Gasteiger partial charge in [-0.15, -0.1) is 0 Å². The number of hydrogen-bond acceptors (Lipinski definition) is 4. The fourth-order valence-corrected chi connectivity index (χ4v) is 2.65. The average molecular weight is 359 g/mol. The van der Waals surface area contributed by atoms with Gasteiger partial charge in [-0.2, -0.15) is 10.2 Å². The Morgan fingerprint density at radius 1 is 1.28 bits per heavy atom. The minimum atomic E-state index is -0.224. The van der Waals surface area contributed by atoms with E-state index in [2.05, 4.69) is 15.3 Å². The molecule has 3 rings (SSSR count). The van der Waals surface area contributed by atoms with Crippen molar-refractivity contribution in [3.63, 3.8) is 0 Å². The highest BCUT2D eigenvalue weighted by molar-refractivity contribution is 6.30.